The number of rotatable bonds is 7. The number of aromatic nitrogens is 3. The molecular formula is C17H22N4O2S. The number of pyridine rings is 1. The first-order valence-electron chi connectivity index (χ1n) is 8.37. The fraction of sp³-hybridized carbons (Fsp3) is 0.529. The van der Waals surface area contributed by atoms with Crippen LogP contribution in [0.25, 0.3) is 0 Å². The molecule has 0 aliphatic heterocycles. The minimum absolute atomic E-state index is 0.0348. The van der Waals surface area contributed by atoms with Crippen LogP contribution < -0.4 is 5.32 Å². The molecule has 2 aromatic rings. The number of hydrogen-bond donors (Lipinski definition) is 2. The molecule has 1 aliphatic carbocycles. The summed E-state index contributed by atoms with van der Waals surface area (Å²) >= 11 is 1.15. The number of nitrogens with zero attached hydrogens (tertiary/aromatic N) is 3. The second kappa shape index (κ2) is 7.81. The van der Waals surface area contributed by atoms with Crippen LogP contribution in [0, 0.1) is 5.92 Å². The van der Waals surface area contributed by atoms with Crippen molar-refractivity contribution in [3.63, 3.8) is 0 Å². The first kappa shape index (κ1) is 17.0. The smallest absolute Gasteiger partial charge is 0.265 e. The van der Waals surface area contributed by atoms with Gasteiger partial charge in [-0.2, -0.15) is 0 Å². The van der Waals surface area contributed by atoms with Gasteiger partial charge in [0, 0.05) is 24.4 Å². The molecule has 1 fully saturated rings. The molecular weight excluding hydrogens is 324 g/mol. The molecule has 128 valence electrons. The van der Waals surface area contributed by atoms with Crippen molar-refractivity contribution in [2.24, 2.45) is 5.92 Å². The van der Waals surface area contributed by atoms with Gasteiger partial charge in [0.25, 0.3) is 5.91 Å². The highest BCUT2D eigenvalue weighted by atomic mass is 32.1. The normalized spacial score (nSPS) is 21.1. The summed E-state index contributed by atoms with van der Waals surface area (Å²) in [6, 6.07) is 5.76. The van der Waals surface area contributed by atoms with Crippen molar-refractivity contribution in [1.29, 1.82) is 0 Å². The van der Waals surface area contributed by atoms with Crippen LogP contribution >= 0.6 is 11.5 Å². The van der Waals surface area contributed by atoms with Crippen molar-refractivity contribution in [2.45, 2.75) is 51.2 Å². The van der Waals surface area contributed by atoms with Gasteiger partial charge in [0.05, 0.1) is 11.8 Å². The molecule has 1 atom stereocenters. The minimum atomic E-state index is -0.251. The number of aliphatic hydroxyl groups excluding tert-OH is 1. The summed E-state index contributed by atoms with van der Waals surface area (Å²) in [5.41, 5.74) is 1.71. The average molecular weight is 346 g/mol. The summed E-state index contributed by atoms with van der Waals surface area (Å²) < 4.78 is 3.92. The lowest BCUT2D eigenvalue weighted by Crippen LogP contribution is -2.48. The summed E-state index contributed by atoms with van der Waals surface area (Å²) in [6.07, 6.45) is 5.31. The highest BCUT2D eigenvalue weighted by molar-refractivity contribution is 7.08. The molecule has 0 radical (unpaired) electrons. The summed E-state index contributed by atoms with van der Waals surface area (Å²) in [5.74, 6) is 0.164. The topological polar surface area (TPSA) is 88.0 Å². The predicted octanol–water partition coefficient (Wildman–Crippen LogP) is 2.00. The Hall–Kier alpha value is -1.86. The maximum absolute atomic E-state index is 12.7. The summed E-state index contributed by atoms with van der Waals surface area (Å²) in [7, 11) is 0. The van der Waals surface area contributed by atoms with Crippen LogP contribution in [-0.4, -0.2) is 37.7 Å². The van der Waals surface area contributed by atoms with E-state index in [1.54, 1.807) is 6.20 Å². The Morgan fingerprint density at radius 1 is 1.46 bits per heavy atom. The van der Waals surface area contributed by atoms with E-state index in [0.717, 1.165) is 48.6 Å². The molecule has 2 heterocycles. The number of amides is 1. The van der Waals surface area contributed by atoms with Crippen LogP contribution in [-0.2, 0) is 12.8 Å². The van der Waals surface area contributed by atoms with E-state index in [1.165, 1.54) is 0 Å². The summed E-state index contributed by atoms with van der Waals surface area (Å²) in [5, 5.41) is 16.8. The van der Waals surface area contributed by atoms with Crippen LogP contribution in [0.4, 0.5) is 0 Å². The van der Waals surface area contributed by atoms with E-state index in [0.29, 0.717) is 11.3 Å². The molecule has 24 heavy (non-hydrogen) atoms. The van der Waals surface area contributed by atoms with Crippen LogP contribution in [0.15, 0.2) is 24.4 Å². The highest BCUT2D eigenvalue weighted by Crippen LogP contribution is 2.32. The van der Waals surface area contributed by atoms with Gasteiger partial charge in [0.2, 0.25) is 0 Å². The van der Waals surface area contributed by atoms with Gasteiger partial charge in [-0.3, -0.25) is 9.78 Å². The van der Waals surface area contributed by atoms with Gasteiger partial charge in [0.15, 0.2) is 0 Å². The molecule has 2 N–H and O–H groups in total. The van der Waals surface area contributed by atoms with Crippen LogP contribution in [0.2, 0.25) is 0 Å². The van der Waals surface area contributed by atoms with Crippen molar-refractivity contribution in [3.8, 4) is 0 Å². The first-order chi connectivity index (χ1) is 11.7. The quantitative estimate of drug-likeness (QED) is 0.800. The Kier molecular flexibility index (Phi) is 5.52. The van der Waals surface area contributed by atoms with E-state index >= 15 is 0 Å². The second-order valence-corrected chi connectivity index (χ2v) is 7.04. The Bertz CT molecular complexity index is 670. The largest absolute Gasteiger partial charge is 0.393 e. The van der Waals surface area contributed by atoms with E-state index in [2.05, 4.69) is 26.8 Å². The summed E-state index contributed by atoms with van der Waals surface area (Å²) in [6.45, 7) is 2.06. The molecule has 0 aromatic carbocycles. The van der Waals surface area contributed by atoms with E-state index in [4.69, 9.17) is 0 Å². The SMILES string of the molecule is CCCc1nnsc1C(=O)N[C@@H](Cc1ccccn1)C1CC(O)C1. The third-order valence-corrected chi connectivity index (χ3v) is 5.21. The Labute approximate surface area is 145 Å². The third-order valence-electron chi connectivity index (χ3n) is 4.44. The zero-order chi connectivity index (χ0) is 16.9. The predicted molar refractivity (Wildman–Crippen MR) is 91.8 cm³/mol. The third kappa shape index (κ3) is 3.96. The van der Waals surface area contributed by atoms with Gasteiger partial charge in [-0.15, -0.1) is 5.10 Å². The molecule has 6 nitrogen and oxygen atoms in total. The van der Waals surface area contributed by atoms with Crippen molar-refractivity contribution >= 4 is 17.4 Å². The minimum Gasteiger partial charge on any atom is -0.393 e. The average Bonchev–Trinajstić information content (AvgIpc) is 3.01. The van der Waals surface area contributed by atoms with E-state index in [9.17, 15) is 9.90 Å². The Morgan fingerprint density at radius 3 is 2.96 bits per heavy atom. The van der Waals surface area contributed by atoms with Crippen molar-refractivity contribution in [1.82, 2.24) is 19.9 Å². The lowest BCUT2D eigenvalue weighted by atomic mass is 9.76. The molecule has 1 aliphatic rings. The van der Waals surface area contributed by atoms with Crippen molar-refractivity contribution in [3.05, 3.63) is 40.7 Å². The molecule has 0 bridgehead atoms. The number of hydrogen-bond acceptors (Lipinski definition) is 6. The maximum atomic E-state index is 12.7. The lowest BCUT2D eigenvalue weighted by molar-refractivity contribution is 0.0238. The van der Waals surface area contributed by atoms with Gasteiger partial charge in [-0.1, -0.05) is 23.9 Å². The number of carbonyl (C=O) groups excluding carboxylic acids is 1. The highest BCUT2D eigenvalue weighted by Gasteiger charge is 2.35. The van der Waals surface area contributed by atoms with Crippen LogP contribution in [0.1, 0.15) is 47.2 Å². The number of aryl methyl sites for hydroxylation is 1. The van der Waals surface area contributed by atoms with E-state index < -0.39 is 0 Å². The van der Waals surface area contributed by atoms with Crippen molar-refractivity contribution < 1.29 is 9.90 Å². The molecule has 1 amide bonds. The van der Waals surface area contributed by atoms with Gasteiger partial charge in [-0.25, -0.2) is 0 Å². The fourth-order valence-electron chi connectivity index (χ4n) is 3.05. The van der Waals surface area contributed by atoms with E-state index in [-0.39, 0.29) is 24.0 Å². The molecule has 0 unspecified atom stereocenters. The van der Waals surface area contributed by atoms with Gasteiger partial charge in [-0.05, 0) is 48.8 Å². The van der Waals surface area contributed by atoms with Crippen LogP contribution in [0.5, 0.6) is 0 Å². The van der Waals surface area contributed by atoms with Crippen molar-refractivity contribution in [2.75, 3.05) is 0 Å². The first-order valence-corrected chi connectivity index (χ1v) is 9.14. The van der Waals surface area contributed by atoms with E-state index in [1.807, 2.05) is 18.2 Å². The molecule has 0 saturated heterocycles. The number of carbonyl (C=O) groups is 1. The van der Waals surface area contributed by atoms with Gasteiger partial charge >= 0.3 is 0 Å². The molecule has 0 spiro atoms. The summed E-state index contributed by atoms with van der Waals surface area (Å²) in [4.78, 5) is 17.6. The molecule has 2 aromatic heterocycles. The number of nitrogens with one attached hydrogen (secondary N) is 1. The van der Waals surface area contributed by atoms with Gasteiger partial charge < -0.3 is 10.4 Å². The fourth-order valence-corrected chi connectivity index (χ4v) is 3.66. The zero-order valence-electron chi connectivity index (χ0n) is 13.7. The second-order valence-electron chi connectivity index (χ2n) is 6.29. The van der Waals surface area contributed by atoms with Crippen LogP contribution in [0.3, 0.4) is 0 Å². The number of aliphatic hydroxyl groups is 1. The zero-order valence-corrected chi connectivity index (χ0v) is 14.5. The standard InChI is InChI=1S/C17H22N4O2S/c1-2-5-14-16(24-21-20-14)17(23)19-15(11-8-13(22)9-11)10-12-6-3-4-7-18-12/h3-4,6-7,11,13,15,22H,2,5,8-10H2,1H3,(H,19,23)/t11?,13?,15-/m0/s1. The maximum Gasteiger partial charge on any atom is 0.265 e. The molecule has 1 saturated carbocycles. The lowest BCUT2D eigenvalue weighted by Gasteiger charge is -2.38. The van der Waals surface area contributed by atoms with Gasteiger partial charge in [0.1, 0.15) is 4.88 Å². The Morgan fingerprint density at radius 2 is 2.29 bits per heavy atom. The molecule has 7 heteroatoms. The molecule has 3 rings (SSSR count). The monoisotopic (exact) mass is 346 g/mol. The Balaban J connectivity index is 1.71.